The van der Waals surface area contributed by atoms with Crippen LogP contribution in [0.15, 0.2) is 24.3 Å². The molecule has 0 amide bonds. The zero-order valence-corrected chi connectivity index (χ0v) is 14.2. The van der Waals surface area contributed by atoms with Gasteiger partial charge in [0.2, 0.25) is 0 Å². The van der Waals surface area contributed by atoms with Gasteiger partial charge in [0.15, 0.2) is 0 Å². The number of allylic oxidation sites excluding steroid dienone is 4. The molecule has 0 aromatic heterocycles. The molecule has 0 radical (unpaired) electrons. The summed E-state index contributed by atoms with van der Waals surface area (Å²) in [7, 11) is 0. The minimum Gasteiger partial charge on any atom is -0.0885 e. The smallest absolute Gasteiger partial charge is 0.0351 e. The van der Waals surface area contributed by atoms with Crippen LogP contribution in [-0.2, 0) is 0 Å². The highest BCUT2D eigenvalue weighted by Gasteiger charge is 1.87. The van der Waals surface area contributed by atoms with Crippen LogP contribution in [0.3, 0.4) is 0 Å². The maximum absolute atomic E-state index is 2.39. The van der Waals surface area contributed by atoms with Crippen LogP contribution in [0, 0.1) is 0 Å². The summed E-state index contributed by atoms with van der Waals surface area (Å²) in [5.74, 6) is 0. The number of rotatable bonds is 15. The highest BCUT2D eigenvalue weighted by molar-refractivity contribution is 4.83. The lowest BCUT2D eigenvalue weighted by Gasteiger charge is -1.96. The first kappa shape index (κ1) is 19.5. The zero-order chi connectivity index (χ0) is 14.7. The molecule has 0 atom stereocenters. The van der Waals surface area contributed by atoms with Crippen LogP contribution < -0.4 is 0 Å². The number of unbranched alkanes of at least 4 members (excludes halogenated alkanes) is 11. The first-order chi connectivity index (χ1) is 9.91. The molecule has 0 nitrogen and oxygen atoms in total. The Morgan fingerprint density at radius 2 is 0.700 bits per heavy atom. The molecule has 0 spiro atoms. The van der Waals surface area contributed by atoms with Gasteiger partial charge in [-0.25, -0.2) is 0 Å². The summed E-state index contributed by atoms with van der Waals surface area (Å²) in [6, 6.07) is 0. The van der Waals surface area contributed by atoms with E-state index in [-0.39, 0.29) is 0 Å². The van der Waals surface area contributed by atoms with E-state index in [1.54, 1.807) is 0 Å². The number of hydrogen-bond acceptors (Lipinski definition) is 0. The van der Waals surface area contributed by atoms with Crippen molar-refractivity contribution in [3.05, 3.63) is 24.3 Å². The Balaban J connectivity index is 3.11. The van der Waals surface area contributed by atoms with Crippen molar-refractivity contribution < 1.29 is 0 Å². The number of hydrogen-bond donors (Lipinski definition) is 0. The van der Waals surface area contributed by atoms with E-state index in [0.717, 1.165) is 0 Å². The van der Waals surface area contributed by atoms with Gasteiger partial charge in [0.1, 0.15) is 0 Å². The molecule has 0 fully saturated rings. The Hall–Kier alpha value is -0.520. The van der Waals surface area contributed by atoms with Crippen molar-refractivity contribution >= 4 is 0 Å². The van der Waals surface area contributed by atoms with Crippen LogP contribution in [-0.4, -0.2) is 0 Å². The SMILES string of the molecule is CCCCCCC=CCCCCC=CCCCCCC. The Kier molecular flexibility index (Phi) is 18.0. The van der Waals surface area contributed by atoms with Crippen molar-refractivity contribution in [1.29, 1.82) is 0 Å². The maximum Gasteiger partial charge on any atom is -0.0351 e. The van der Waals surface area contributed by atoms with E-state index in [4.69, 9.17) is 0 Å². The summed E-state index contributed by atoms with van der Waals surface area (Å²) in [5, 5.41) is 0. The average Bonchev–Trinajstić information content (AvgIpc) is 2.47. The second-order valence-electron chi connectivity index (χ2n) is 5.93. The molecule has 0 heteroatoms. The third-order valence-electron chi connectivity index (χ3n) is 3.77. The van der Waals surface area contributed by atoms with Gasteiger partial charge >= 0.3 is 0 Å². The summed E-state index contributed by atoms with van der Waals surface area (Å²) in [5.41, 5.74) is 0. The summed E-state index contributed by atoms with van der Waals surface area (Å²) in [6.07, 6.45) is 28.5. The van der Waals surface area contributed by atoms with Crippen LogP contribution in [0.1, 0.15) is 104 Å². The van der Waals surface area contributed by atoms with E-state index >= 15 is 0 Å². The minimum atomic E-state index is 1.28. The van der Waals surface area contributed by atoms with Gasteiger partial charge in [-0.1, -0.05) is 76.7 Å². The molecule has 0 aliphatic heterocycles. The molecule has 0 unspecified atom stereocenters. The van der Waals surface area contributed by atoms with Crippen LogP contribution in [0.5, 0.6) is 0 Å². The third kappa shape index (κ3) is 17.5. The molecule has 20 heavy (non-hydrogen) atoms. The Labute approximate surface area is 128 Å². The molecule has 0 rings (SSSR count). The van der Waals surface area contributed by atoms with Gasteiger partial charge in [-0.2, -0.15) is 0 Å². The Bertz CT molecular complexity index is 188. The molecule has 118 valence electrons. The van der Waals surface area contributed by atoms with Crippen molar-refractivity contribution in [2.45, 2.75) is 104 Å². The fourth-order valence-electron chi connectivity index (χ4n) is 2.37. The monoisotopic (exact) mass is 278 g/mol. The maximum atomic E-state index is 2.39. The quantitative estimate of drug-likeness (QED) is 0.214. The molecular formula is C20H38. The van der Waals surface area contributed by atoms with Crippen molar-refractivity contribution in [3.8, 4) is 0 Å². The lowest BCUT2D eigenvalue weighted by molar-refractivity contribution is 0.671. The largest absolute Gasteiger partial charge is 0.0885 e. The molecule has 0 heterocycles. The normalized spacial score (nSPS) is 11.9. The van der Waals surface area contributed by atoms with Crippen LogP contribution in [0.25, 0.3) is 0 Å². The molecule has 0 aromatic carbocycles. The second kappa shape index (κ2) is 18.5. The van der Waals surface area contributed by atoms with E-state index in [9.17, 15) is 0 Å². The van der Waals surface area contributed by atoms with E-state index in [1.807, 2.05) is 0 Å². The fourth-order valence-corrected chi connectivity index (χ4v) is 2.37. The summed E-state index contributed by atoms with van der Waals surface area (Å²) < 4.78 is 0. The molecule has 0 aliphatic carbocycles. The van der Waals surface area contributed by atoms with Crippen LogP contribution >= 0.6 is 0 Å². The van der Waals surface area contributed by atoms with Gasteiger partial charge in [0.05, 0.1) is 0 Å². The van der Waals surface area contributed by atoms with Crippen molar-refractivity contribution in [2.75, 3.05) is 0 Å². The summed E-state index contributed by atoms with van der Waals surface area (Å²) in [6.45, 7) is 4.55. The zero-order valence-electron chi connectivity index (χ0n) is 14.2. The minimum absolute atomic E-state index is 1.28. The molecular weight excluding hydrogens is 240 g/mol. The van der Waals surface area contributed by atoms with Gasteiger partial charge in [-0.05, 0) is 51.4 Å². The van der Waals surface area contributed by atoms with Gasteiger partial charge in [0, 0.05) is 0 Å². The Morgan fingerprint density at radius 1 is 0.400 bits per heavy atom. The molecule has 0 saturated heterocycles. The standard InChI is InChI=1S/C20H38/c1-3-5-7-9-11-13-15-17-19-20-18-16-14-12-10-8-6-4-2/h13-16H,3-12,17-20H2,1-2H3. The van der Waals surface area contributed by atoms with Crippen molar-refractivity contribution in [1.82, 2.24) is 0 Å². The van der Waals surface area contributed by atoms with Gasteiger partial charge < -0.3 is 0 Å². The predicted octanol–water partition coefficient (Wildman–Crippen LogP) is 7.60. The lowest BCUT2D eigenvalue weighted by Crippen LogP contribution is -1.76. The van der Waals surface area contributed by atoms with Crippen molar-refractivity contribution in [3.63, 3.8) is 0 Å². The van der Waals surface area contributed by atoms with E-state index in [1.165, 1.54) is 89.9 Å². The molecule has 0 aromatic rings. The average molecular weight is 279 g/mol. The lowest BCUT2D eigenvalue weighted by atomic mass is 10.1. The third-order valence-corrected chi connectivity index (χ3v) is 3.77. The Morgan fingerprint density at radius 3 is 1.00 bits per heavy atom. The van der Waals surface area contributed by atoms with E-state index in [0.29, 0.717) is 0 Å². The highest BCUT2D eigenvalue weighted by atomic mass is 13.9. The van der Waals surface area contributed by atoms with Crippen LogP contribution in [0.2, 0.25) is 0 Å². The van der Waals surface area contributed by atoms with Gasteiger partial charge in [0.25, 0.3) is 0 Å². The predicted molar refractivity (Wildman–Crippen MR) is 94.3 cm³/mol. The van der Waals surface area contributed by atoms with E-state index in [2.05, 4.69) is 38.2 Å². The second-order valence-corrected chi connectivity index (χ2v) is 5.93. The summed E-state index contributed by atoms with van der Waals surface area (Å²) in [4.78, 5) is 0. The molecule has 0 bridgehead atoms. The topological polar surface area (TPSA) is 0 Å². The van der Waals surface area contributed by atoms with Crippen LogP contribution in [0.4, 0.5) is 0 Å². The highest BCUT2D eigenvalue weighted by Crippen LogP contribution is 2.07. The summed E-state index contributed by atoms with van der Waals surface area (Å²) >= 11 is 0. The molecule has 0 N–H and O–H groups in total. The van der Waals surface area contributed by atoms with E-state index < -0.39 is 0 Å². The first-order valence-electron chi connectivity index (χ1n) is 9.21. The van der Waals surface area contributed by atoms with Gasteiger partial charge in [-0.3, -0.25) is 0 Å². The molecule has 0 saturated carbocycles. The first-order valence-corrected chi connectivity index (χ1v) is 9.21. The van der Waals surface area contributed by atoms with Crippen molar-refractivity contribution in [2.24, 2.45) is 0 Å². The fraction of sp³-hybridized carbons (Fsp3) is 0.800. The molecule has 0 aliphatic rings. The van der Waals surface area contributed by atoms with Gasteiger partial charge in [-0.15, -0.1) is 0 Å².